The van der Waals surface area contributed by atoms with Gasteiger partial charge in [-0.05, 0) is 86.3 Å². The van der Waals surface area contributed by atoms with Crippen LogP contribution in [0.2, 0.25) is 0 Å². The van der Waals surface area contributed by atoms with Crippen molar-refractivity contribution in [2.45, 2.75) is 85.4 Å². The summed E-state index contributed by atoms with van der Waals surface area (Å²) in [7, 11) is 0. The zero-order chi connectivity index (χ0) is 29.4. The molecule has 2 heterocycles. The number of anilines is 1. The fourth-order valence-corrected chi connectivity index (χ4v) is 4.17. The summed E-state index contributed by atoms with van der Waals surface area (Å²) in [6.07, 6.45) is 1.70. The number of hydrogen-bond acceptors (Lipinski definition) is 6. The van der Waals surface area contributed by atoms with Gasteiger partial charge in [0.05, 0.1) is 5.92 Å². The lowest BCUT2D eigenvalue weighted by molar-refractivity contribution is -0.143. The molecule has 2 aliphatic rings. The van der Waals surface area contributed by atoms with Crippen molar-refractivity contribution in [3.63, 3.8) is 0 Å². The molecule has 0 bridgehead atoms. The Hall–Kier alpha value is -3.30. The number of hydrogen-bond donors (Lipinski definition) is 2. The highest BCUT2D eigenvalue weighted by Gasteiger charge is 2.31. The van der Waals surface area contributed by atoms with Gasteiger partial charge in [0.25, 0.3) is 0 Å². The number of aliphatic carboxylic acids is 1. The Morgan fingerprint density at radius 1 is 0.744 bits per heavy atom. The summed E-state index contributed by atoms with van der Waals surface area (Å²) in [5.74, 6) is -1.13. The Morgan fingerprint density at radius 2 is 1.13 bits per heavy atom. The van der Waals surface area contributed by atoms with Crippen LogP contribution in [0.4, 0.5) is 15.3 Å². The highest BCUT2D eigenvalue weighted by atomic mass is 16.6. The van der Waals surface area contributed by atoms with E-state index >= 15 is 0 Å². The number of carbonyl (C=O) groups excluding carboxylic acids is 3. The number of carboxylic acids is 1. The number of nitrogens with zero attached hydrogens (tertiary/aromatic N) is 2. The molecule has 3 amide bonds. The normalized spacial score (nSPS) is 17.0. The predicted molar refractivity (Wildman–Crippen MR) is 149 cm³/mol. The van der Waals surface area contributed by atoms with E-state index in [2.05, 4.69) is 5.32 Å². The minimum atomic E-state index is -0.774. The number of aryl methyl sites for hydroxylation is 1. The summed E-state index contributed by atoms with van der Waals surface area (Å²) in [5.41, 5.74) is 0.987. The van der Waals surface area contributed by atoms with Crippen molar-refractivity contribution in [1.29, 1.82) is 0 Å². The Bertz CT molecular complexity index is 980. The first kappa shape index (κ1) is 31.9. The van der Waals surface area contributed by atoms with Crippen LogP contribution in [0.25, 0.3) is 0 Å². The van der Waals surface area contributed by atoms with Gasteiger partial charge in [0.1, 0.15) is 11.2 Å². The van der Waals surface area contributed by atoms with Crippen LogP contribution in [0.1, 0.15) is 72.8 Å². The van der Waals surface area contributed by atoms with E-state index in [4.69, 9.17) is 14.6 Å². The van der Waals surface area contributed by atoms with Crippen LogP contribution in [0.3, 0.4) is 0 Å². The Labute approximate surface area is 232 Å². The van der Waals surface area contributed by atoms with Gasteiger partial charge in [-0.3, -0.25) is 9.59 Å². The van der Waals surface area contributed by atoms with Crippen molar-refractivity contribution in [1.82, 2.24) is 9.80 Å². The molecule has 1 aromatic carbocycles. The SMILES string of the molecule is CC(C)(C)OC(=O)N1CCC(C(=O)O)CC1.Cc1ccc(NC(=O)C2CCN(C(=O)OC(C)(C)C)CC2)cc1. The molecule has 0 saturated carbocycles. The van der Waals surface area contributed by atoms with Crippen molar-refractivity contribution < 1.29 is 33.8 Å². The third kappa shape index (κ3) is 11.5. The number of carbonyl (C=O) groups is 4. The number of piperidine rings is 2. The average Bonchev–Trinajstić information content (AvgIpc) is 2.84. The molecule has 0 atom stereocenters. The molecule has 39 heavy (non-hydrogen) atoms. The highest BCUT2D eigenvalue weighted by Crippen LogP contribution is 2.22. The maximum Gasteiger partial charge on any atom is 0.410 e. The van der Waals surface area contributed by atoms with E-state index in [1.165, 1.54) is 0 Å². The average molecular weight is 548 g/mol. The molecule has 10 nitrogen and oxygen atoms in total. The van der Waals surface area contributed by atoms with Crippen LogP contribution in [0, 0.1) is 18.8 Å². The minimum Gasteiger partial charge on any atom is -0.481 e. The van der Waals surface area contributed by atoms with Gasteiger partial charge < -0.3 is 29.7 Å². The minimum absolute atomic E-state index is 0.0256. The number of benzene rings is 1. The lowest BCUT2D eigenvalue weighted by atomic mass is 9.96. The number of carboxylic acid groups (broad SMARTS) is 1. The molecule has 2 N–H and O–H groups in total. The molecular weight excluding hydrogens is 502 g/mol. The molecule has 0 spiro atoms. The van der Waals surface area contributed by atoms with Crippen molar-refractivity contribution >= 4 is 29.8 Å². The van der Waals surface area contributed by atoms with Gasteiger partial charge in [0.2, 0.25) is 5.91 Å². The van der Waals surface area contributed by atoms with E-state index in [-0.39, 0.29) is 29.9 Å². The first-order valence-corrected chi connectivity index (χ1v) is 13.6. The van der Waals surface area contributed by atoms with Crippen LogP contribution in [-0.2, 0) is 19.1 Å². The maximum atomic E-state index is 12.3. The molecule has 1 aromatic rings. The van der Waals surface area contributed by atoms with Gasteiger partial charge >= 0.3 is 18.2 Å². The Balaban J connectivity index is 0.000000293. The summed E-state index contributed by atoms with van der Waals surface area (Å²) in [4.78, 5) is 50.0. The topological polar surface area (TPSA) is 125 Å². The van der Waals surface area contributed by atoms with E-state index in [0.29, 0.717) is 51.9 Å². The fourth-order valence-electron chi connectivity index (χ4n) is 4.17. The van der Waals surface area contributed by atoms with Crippen molar-refractivity contribution in [3.05, 3.63) is 29.8 Å². The first-order chi connectivity index (χ1) is 18.0. The largest absolute Gasteiger partial charge is 0.481 e. The molecule has 2 saturated heterocycles. The standard InChI is InChI=1S/C18H26N2O3.C11H19NO4/c1-13-5-7-15(8-6-13)19-16(21)14-9-11-20(12-10-14)17(22)23-18(2,3)4;1-11(2,3)16-10(15)12-6-4-8(5-7-12)9(13)14/h5-8,14H,9-12H2,1-4H3,(H,19,21);8H,4-7H2,1-3H3,(H,13,14). The molecule has 0 unspecified atom stereocenters. The van der Waals surface area contributed by atoms with Gasteiger partial charge in [0, 0.05) is 37.8 Å². The van der Waals surface area contributed by atoms with Crippen LogP contribution in [0.5, 0.6) is 0 Å². The van der Waals surface area contributed by atoms with E-state index in [1.807, 2.05) is 72.7 Å². The molecule has 0 aliphatic carbocycles. The number of ether oxygens (including phenoxy) is 2. The highest BCUT2D eigenvalue weighted by molar-refractivity contribution is 5.92. The number of amides is 3. The second-order valence-corrected chi connectivity index (χ2v) is 12.2. The van der Waals surface area contributed by atoms with Crippen LogP contribution >= 0.6 is 0 Å². The van der Waals surface area contributed by atoms with E-state index in [0.717, 1.165) is 11.3 Å². The number of nitrogens with one attached hydrogen (secondary N) is 1. The molecule has 2 fully saturated rings. The zero-order valence-corrected chi connectivity index (χ0v) is 24.4. The lowest BCUT2D eigenvalue weighted by Gasteiger charge is -2.32. The quantitative estimate of drug-likeness (QED) is 0.526. The fraction of sp³-hybridized carbons (Fsp3) is 0.655. The second kappa shape index (κ2) is 13.7. The van der Waals surface area contributed by atoms with E-state index in [9.17, 15) is 19.2 Å². The van der Waals surface area contributed by atoms with E-state index < -0.39 is 17.2 Å². The summed E-state index contributed by atoms with van der Waals surface area (Å²) in [6, 6.07) is 7.76. The van der Waals surface area contributed by atoms with Crippen molar-refractivity contribution in [2.75, 3.05) is 31.5 Å². The monoisotopic (exact) mass is 547 g/mol. The van der Waals surface area contributed by atoms with Crippen LogP contribution in [0.15, 0.2) is 24.3 Å². The molecule has 10 heteroatoms. The molecule has 3 rings (SSSR count). The zero-order valence-electron chi connectivity index (χ0n) is 24.4. The Kier molecular flexibility index (Phi) is 11.2. The molecule has 218 valence electrons. The Morgan fingerprint density at radius 3 is 1.49 bits per heavy atom. The molecule has 0 aromatic heterocycles. The van der Waals surface area contributed by atoms with Gasteiger partial charge in [-0.1, -0.05) is 17.7 Å². The predicted octanol–water partition coefficient (Wildman–Crippen LogP) is 5.30. The smallest absolute Gasteiger partial charge is 0.410 e. The van der Waals surface area contributed by atoms with Gasteiger partial charge in [0.15, 0.2) is 0 Å². The number of likely N-dealkylation sites (tertiary alicyclic amines) is 2. The van der Waals surface area contributed by atoms with E-state index in [1.54, 1.807) is 9.80 Å². The number of rotatable bonds is 3. The third-order valence-electron chi connectivity index (χ3n) is 6.33. The van der Waals surface area contributed by atoms with Gasteiger partial charge in [-0.25, -0.2) is 9.59 Å². The van der Waals surface area contributed by atoms with Crippen LogP contribution < -0.4 is 5.32 Å². The third-order valence-corrected chi connectivity index (χ3v) is 6.33. The van der Waals surface area contributed by atoms with Gasteiger partial charge in [-0.15, -0.1) is 0 Å². The van der Waals surface area contributed by atoms with Crippen molar-refractivity contribution in [2.24, 2.45) is 11.8 Å². The first-order valence-electron chi connectivity index (χ1n) is 13.6. The van der Waals surface area contributed by atoms with Crippen LogP contribution in [-0.4, -0.2) is 76.4 Å². The molecule has 0 radical (unpaired) electrons. The van der Waals surface area contributed by atoms with Gasteiger partial charge in [-0.2, -0.15) is 0 Å². The summed E-state index contributed by atoms with van der Waals surface area (Å²) < 4.78 is 10.6. The lowest BCUT2D eigenvalue weighted by Crippen LogP contribution is -2.43. The molecular formula is C29H45N3O7. The second-order valence-electron chi connectivity index (χ2n) is 12.2. The summed E-state index contributed by atoms with van der Waals surface area (Å²) >= 11 is 0. The summed E-state index contributed by atoms with van der Waals surface area (Å²) in [5, 5.41) is 11.8. The van der Waals surface area contributed by atoms with Crippen molar-refractivity contribution in [3.8, 4) is 0 Å². The summed E-state index contributed by atoms with van der Waals surface area (Å²) in [6.45, 7) is 15.1. The maximum absolute atomic E-state index is 12.3. The molecule has 2 aliphatic heterocycles.